The molecule has 3 heteroatoms. The van der Waals surface area contributed by atoms with E-state index in [1.807, 2.05) is 18.2 Å². The van der Waals surface area contributed by atoms with Gasteiger partial charge in [-0.2, -0.15) is 0 Å². The van der Waals surface area contributed by atoms with Crippen LogP contribution >= 0.6 is 0 Å². The molecule has 4 aromatic carbocycles. The smallest absolute Gasteiger partial charge is 0.164 e. The van der Waals surface area contributed by atoms with E-state index in [0.717, 1.165) is 24.0 Å². The molecule has 3 nitrogen and oxygen atoms in total. The average molecular weight is 441 g/mol. The second kappa shape index (κ2) is 11.6. The van der Waals surface area contributed by atoms with Crippen molar-refractivity contribution in [3.05, 3.63) is 114 Å². The van der Waals surface area contributed by atoms with Gasteiger partial charge < -0.3 is 14.2 Å². The molecular weight excluding hydrogens is 408 g/mol. The lowest BCUT2D eigenvalue weighted by Gasteiger charge is -2.25. The maximum absolute atomic E-state index is 6.31. The summed E-state index contributed by atoms with van der Waals surface area (Å²) in [5.74, 6) is 0.970. The van der Waals surface area contributed by atoms with Gasteiger partial charge in [0.2, 0.25) is 0 Å². The van der Waals surface area contributed by atoms with Gasteiger partial charge in [0.1, 0.15) is 5.75 Å². The van der Waals surface area contributed by atoms with Crippen LogP contribution in [0.3, 0.4) is 0 Å². The summed E-state index contributed by atoms with van der Waals surface area (Å²) in [6.45, 7) is 3.42. The summed E-state index contributed by atoms with van der Waals surface area (Å²) < 4.78 is 18.0. The predicted octanol–water partition coefficient (Wildman–Crippen LogP) is 6.80. The molecule has 4 aromatic rings. The first-order chi connectivity index (χ1) is 16.2. The number of benzene rings is 4. The summed E-state index contributed by atoms with van der Waals surface area (Å²) in [7, 11) is 1.70. The topological polar surface area (TPSA) is 27.7 Å². The Balaban J connectivity index is 1.45. The molecule has 0 aromatic heterocycles. The molecule has 1 unspecified atom stereocenters. The van der Waals surface area contributed by atoms with Crippen LogP contribution in [0.25, 0.3) is 10.8 Å². The van der Waals surface area contributed by atoms with Crippen LogP contribution in [0.15, 0.2) is 97.1 Å². The number of hydrogen-bond acceptors (Lipinski definition) is 3. The summed E-state index contributed by atoms with van der Waals surface area (Å²) in [4.78, 5) is 0. The molecule has 0 amide bonds. The van der Waals surface area contributed by atoms with Crippen LogP contribution in [0.4, 0.5) is 0 Å². The van der Waals surface area contributed by atoms with Gasteiger partial charge in [-0.25, -0.2) is 0 Å². The van der Waals surface area contributed by atoms with Crippen molar-refractivity contribution in [1.82, 2.24) is 0 Å². The van der Waals surface area contributed by atoms with E-state index < -0.39 is 0 Å². The van der Waals surface area contributed by atoms with Gasteiger partial charge in [-0.15, -0.1) is 0 Å². The Labute approximate surface area is 196 Å². The fourth-order valence-corrected chi connectivity index (χ4v) is 4.02. The Bertz CT molecular complexity index is 1080. The second-order valence-electron chi connectivity index (χ2n) is 8.34. The highest BCUT2D eigenvalue weighted by atomic mass is 16.7. The predicted molar refractivity (Wildman–Crippen MR) is 135 cm³/mol. The largest absolute Gasteiger partial charge is 0.497 e. The van der Waals surface area contributed by atoms with E-state index in [0.29, 0.717) is 13.2 Å². The number of ether oxygens (including phenoxy) is 3. The lowest BCUT2D eigenvalue weighted by molar-refractivity contribution is -0.152. The van der Waals surface area contributed by atoms with Crippen molar-refractivity contribution in [1.29, 1.82) is 0 Å². The molecule has 0 radical (unpaired) electrons. The summed E-state index contributed by atoms with van der Waals surface area (Å²) in [6, 6.07) is 33.6. The molecule has 0 N–H and O–H groups in total. The molecule has 0 saturated carbocycles. The van der Waals surface area contributed by atoms with Gasteiger partial charge in [0, 0.05) is 5.92 Å². The third kappa shape index (κ3) is 6.44. The summed E-state index contributed by atoms with van der Waals surface area (Å²) in [5, 5.41) is 2.35. The number of hydrogen-bond donors (Lipinski definition) is 0. The van der Waals surface area contributed by atoms with E-state index in [1.165, 1.54) is 22.1 Å². The first-order valence-electron chi connectivity index (χ1n) is 11.6. The molecule has 0 aliphatic heterocycles. The highest BCUT2D eigenvalue weighted by Gasteiger charge is 2.21. The first kappa shape index (κ1) is 23.0. The minimum absolute atomic E-state index is 0.100. The number of rotatable bonds is 11. The van der Waals surface area contributed by atoms with Gasteiger partial charge in [-0.1, -0.05) is 91.9 Å². The molecule has 0 heterocycles. The van der Waals surface area contributed by atoms with Crippen molar-refractivity contribution in [2.45, 2.75) is 32.0 Å². The number of methoxy groups -OCH3 is 1. The lowest BCUT2D eigenvalue weighted by atomic mass is 9.97. The standard InChI is InChI=1S/C30H32O3/c1-23(26-13-14-28-22-29(31-2)16-15-27(28)21-26)30(32-19-17-24-9-5-3-6-10-24)33-20-18-25-11-7-4-8-12-25/h3-16,21-23,30H,17-20H2,1-2H3. The molecule has 0 bridgehead atoms. The fourth-order valence-electron chi connectivity index (χ4n) is 4.02. The Kier molecular flexibility index (Phi) is 8.13. The molecule has 1 atom stereocenters. The Hall–Kier alpha value is -3.14. The van der Waals surface area contributed by atoms with E-state index in [1.54, 1.807) is 7.11 Å². The Morgan fingerprint density at radius 2 is 1.18 bits per heavy atom. The van der Waals surface area contributed by atoms with Crippen LogP contribution in [0.2, 0.25) is 0 Å². The van der Waals surface area contributed by atoms with Gasteiger partial charge in [0.15, 0.2) is 6.29 Å². The van der Waals surface area contributed by atoms with Crippen molar-refractivity contribution in [2.75, 3.05) is 20.3 Å². The molecule has 33 heavy (non-hydrogen) atoms. The molecular formula is C30H32O3. The van der Waals surface area contributed by atoms with Crippen LogP contribution in [-0.2, 0) is 22.3 Å². The van der Waals surface area contributed by atoms with Crippen LogP contribution in [0.5, 0.6) is 5.75 Å². The maximum atomic E-state index is 6.31. The van der Waals surface area contributed by atoms with Crippen molar-refractivity contribution >= 4 is 10.8 Å². The van der Waals surface area contributed by atoms with Gasteiger partial charge in [-0.3, -0.25) is 0 Å². The third-order valence-electron chi connectivity index (χ3n) is 6.04. The molecule has 4 rings (SSSR count). The fraction of sp³-hybridized carbons (Fsp3) is 0.267. The summed E-state index contributed by atoms with van der Waals surface area (Å²) in [5.41, 5.74) is 3.75. The molecule has 0 saturated heterocycles. The van der Waals surface area contributed by atoms with Gasteiger partial charge >= 0.3 is 0 Å². The van der Waals surface area contributed by atoms with Crippen LogP contribution in [0.1, 0.15) is 29.5 Å². The van der Waals surface area contributed by atoms with E-state index in [4.69, 9.17) is 14.2 Å². The quantitative estimate of drug-likeness (QED) is 0.240. The van der Waals surface area contributed by atoms with Gasteiger partial charge in [0.25, 0.3) is 0 Å². The van der Waals surface area contributed by atoms with E-state index in [9.17, 15) is 0 Å². The maximum Gasteiger partial charge on any atom is 0.164 e. The van der Waals surface area contributed by atoms with Crippen molar-refractivity contribution in [2.24, 2.45) is 0 Å². The lowest BCUT2D eigenvalue weighted by Crippen LogP contribution is -2.26. The average Bonchev–Trinajstić information content (AvgIpc) is 2.88. The van der Waals surface area contributed by atoms with Crippen molar-refractivity contribution < 1.29 is 14.2 Å². The SMILES string of the molecule is COc1ccc2cc(C(C)C(OCCc3ccccc3)OCCc3ccccc3)ccc2c1. The zero-order chi connectivity index (χ0) is 22.9. The summed E-state index contributed by atoms with van der Waals surface area (Å²) in [6.07, 6.45) is 1.42. The molecule has 0 aliphatic carbocycles. The van der Waals surface area contributed by atoms with E-state index in [2.05, 4.69) is 85.8 Å². The normalized spacial score (nSPS) is 12.2. The highest BCUT2D eigenvalue weighted by molar-refractivity contribution is 5.84. The van der Waals surface area contributed by atoms with Crippen LogP contribution in [0, 0.1) is 0 Å². The summed E-state index contributed by atoms with van der Waals surface area (Å²) >= 11 is 0. The molecule has 0 spiro atoms. The van der Waals surface area contributed by atoms with Crippen LogP contribution < -0.4 is 4.74 Å². The zero-order valence-corrected chi connectivity index (χ0v) is 19.4. The molecule has 0 aliphatic rings. The van der Waals surface area contributed by atoms with Gasteiger partial charge in [0.05, 0.1) is 20.3 Å². The van der Waals surface area contributed by atoms with Crippen molar-refractivity contribution in [3.63, 3.8) is 0 Å². The van der Waals surface area contributed by atoms with Crippen molar-refractivity contribution in [3.8, 4) is 5.75 Å². The minimum atomic E-state index is -0.312. The molecule has 170 valence electrons. The Morgan fingerprint density at radius 3 is 1.76 bits per heavy atom. The molecule has 0 fully saturated rings. The minimum Gasteiger partial charge on any atom is -0.497 e. The van der Waals surface area contributed by atoms with E-state index in [-0.39, 0.29) is 12.2 Å². The Morgan fingerprint density at radius 1 is 0.636 bits per heavy atom. The van der Waals surface area contributed by atoms with Gasteiger partial charge in [-0.05, 0) is 52.4 Å². The zero-order valence-electron chi connectivity index (χ0n) is 19.4. The highest BCUT2D eigenvalue weighted by Crippen LogP contribution is 2.28. The van der Waals surface area contributed by atoms with Crippen LogP contribution in [-0.4, -0.2) is 26.6 Å². The number of fused-ring (bicyclic) bond motifs is 1. The third-order valence-corrected chi connectivity index (χ3v) is 6.04. The van der Waals surface area contributed by atoms with E-state index >= 15 is 0 Å². The monoisotopic (exact) mass is 440 g/mol. The second-order valence-corrected chi connectivity index (χ2v) is 8.34. The first-order valence-corrected chi connectivity index (χ1v) is 11.6.